The SMILES string of the molecule is CCCCCCCCCCCCOc1cc(COc2ccc(/C=C/c3ccc(C=C4C(=O)NC(=O)NC4=O)cc3)cc2)cc(OCCCCCCCCCCCC)c1OCCCCCCCCCCCC. The summed E-state index contributed by atoms with van der Waals surface area (Å²) in [6, 6.07) is 18.8. The van der Waals surface area contributed by atoms with Gasteiger partial charge in [-0.2, -0.15) is 0 Å². The number of hydrogen-bond acceptors (Lipinski definition) is 7. The first-order chi connectivity index (χ1) is 34.9. The van der Waals surface area contributed by atoms with Gasteiger partial charge in [-0.1, -0.05) is 243 Å². The maximum Gasteiger partial charge on any atom is 0.328 e. The van der Waals surface area contributed by atoms with Crippen LogP contribution in [0.4, 0.5) is 4.79 Å². The molecule has 392 valence electrons. The van der Waals surface area contributed by atoms with Crippen molar-refractivity contribution in [2.75, 3.05) is 19.8 Å². The summed E-state index contributed by atoms with van der Waals surface area (Å²) < 4.78 is 26.3. The summed E-state index contributed by atoms with van der Waals surface area (Å²) in [5.74, 6) is 1.56. The molecule has 4 amide bonds. The van der Waals surface area contributed by atoms with Crippen LogP contribution in [0.1, 0.15) is 236 Å². The van der Waals surface area contributed by atoms with Crippen LogP contribution in [-0.2, 0) is 16.2 Å². The fraction of sp³-hybridized carbons (Fsp3) is 0.597. The lowest BCUT2D eigenvalue weighted by molar-refractivity contribution is -0.123. The Hall–Kier alpha value is -5.05. The first kappa shape index (κ1) is 58.5. The average Bonchev–Trinajstić information content (AvgIpc) is 3.37. The quantitative estimate of drug-likeness (QED) is 0.0252. The molecule has 1 aliphatic heterocycles. The van der Waals surface area contributed by atoms with E-state index >= 15 is 0 Å². The Balaban J connectivity index is 1.38. The van der Waals surface area contributed by atoms with Gasteiger partial charge in [-0.25, -0.2) is 4.79 Å². The summed E-state index contributed by atoms with van der Waals surface area (Å²) in [6.45, 7) is 9.12. The molecule has 71 heavy (non-hydrogen) atoms. The van der Waals surface area contributed by atoms with Crippen LogP contribution in [0.5, 0.6) is 23.0 Å². The molecule has 0 bridgehead atoms. The number of urea groups is 1. The number of imide groups is 2. The molecule has 0 aliphatic carbocycles. The van der Waals surface area contributed by atoms with Crippen molar-refractivity contribution in [2.45, 2.75) is 220 Å². The lowest BCUT2D eigenvalue weighted by Gasteiger charge is -2.19. The number of hydrogen-bond donors (Lipinski definition) is 2. The predicted octanol–water partition coefficient (Wildman–Crippen LogP) is 17.1. The molecule has 3 aromatic rings. The van der Waals surface area contributed by atoms with Gasteiger partial charge in [0.2, 0.25) is 5.75 Å². The molecule has 0 radical (unpaired) electrons. The van der Waals surface area contributed by atoms with Gasteiger partial charge in [-0.15, -0.1) is 0 Å². The number of barbiturate groups is 1. The second kappa shape index (κ2) is 37.7. The monoisotopic (exact) mass is 977 g/mol. The first-order valence-electron chi connectivity index (χ1n) is 28.3. The number of carbonyl (C=O) groups is 3. The Morgan fingerprint density at radius 1 is 0.394 bits per heavy atom. The maximum absolute atomic E-state index is 12.1. The highest BCUT2D eigenvalue weighted by molar-refractivity contribution is 6.31. The summed E-state index contributed by atoms with van der Waals surface area (Å²) in [4.78, 5) is 35.6. The molecule has 2 N–H and O–H groups in total. The lowest BCUT2D eigenvalue weighted by Crippen LogP contribution is -2.51. The van der Waals surface area contributed by atoms with E-state index in [0.29, 0.717) is 32.0 Å². The van der Waals surface area contributed by atoms with Crippen molar-refractivity contribution in [3.05, 3.63) is 88.5 Å². The zero-order chi connectivity index (χ0) is 50.4. The molecule has 0 unspecified atom stereocenters. The third-order valence-corrected chi connectivity index (χ3v) is 13.3. The normalized spacial score (nSPS) is 12.6. The zero-order valence-corrected chi connectivity index (χ0v) is 44.4. The van der Waals surface area contributed by atoms with Crippen molar-refractivity contribution in [2.24, 2.45) is 0 Å². The average molecular weight is 977 g/mol. The van der Waals surface area contributed by atoms with E-state index in [9.17, 15) is 14.4 Å². The second-order valence-corrected chi connectivity index (χ2v) is 19.7. The van der Waals surface area contributed by atoms with Crippen LogP contribution >= 0.6 is 0 Å². The minimum atomic E-state index is -0.815. The molecule has 9 nitrogen and oxygen atoms in total. The molecule has 0 spiro atoms. The Labute approximate surface area is 429 Å². The van der Waals surface area contributed by atoms with Gasteiger partial charge >= 0.3 is 6.03 Å². The van der Waals surface area contributed by atoms with E-state index in [4.69, 9.17) is 18.9 Å². The van der Waals surface area contributed by atoms with Crippen LogP contribution in [0.15, 0.2) is 66.2 Å². The van der Waals surface area contributed by atoms with E-state index in [1.54, 1.807) is 0 Å². The molecule has 9 heteroatoms. The molecule has 0 saturated carbocycles. The maximum atomic E-state index is 12.1. The molecular formula is C62H92N2O7. The van der Waals surface area contributed by atoms with E-state index in [1.165, 1.54) is 167 Å². The number of rotatable bonds is 42. The summed E-state index contributed by atoms with van der Waals surface area (Å²) >= 11 is 0. The lowest BCUT2D eigenvalue weighted by atomic mass is 10.1. The number of unbranched alkanes of at least 4 members (excludes halogenated alkanes) is 27. The van der Waals surface area contributed by atoms with Crippen molar-refractivity contribution in [3.8, 4) is 23.0 Å². The highest BCUT2D eigenvalue weighted by Crippen LogP contribution is 2.40. The van der Waals surface area contributed by atoms with E-state index in [2.05, 4.69) is 43.5 Å². The van der Waals surface area contributed by atoms with Gasteiger partial charge in [-0.05, 0) is 71.9 Å². The Morgan fingerprint density at radius 3 is 1.13 bits per heavy atom. The molecule has 4 rings (SSSR count). The Bertz CT molecular complexity index is 1900. The van der Waals surface area contributed by atoms with Crippen molar-refractivity contribution in [1.29, 1.82) is 0 Å². The molecule has 1 heterocycles. The van der Waals surface area contributed by atoms with Crippen LogP contribution in [-0.4, -0.2) is 37.7 Å². The van der Waals surface area contributed by atoms with Crippen LogP contribution in [0.2, 0.25) is 0 Å². The van der Waals surface area contributed by atoms with Gasteiger partial charge in [-0.3, -0.25) is 20.2 Å². The first-order valence-corrected chi connectivity index (χ1v) is 28.3. The van der Waals surface area contributed by atoms with Crippen LogP contribution in [0.3, 0.4) is 0 Å². The fourth-order valence-electron chi connectivity index (χ4n) is 8.89. The van der Waals surface area contributed by atoms with Gasteiger partial charge in [0.05, 0.1) is 19.8 Å². The topological polar surface area (TPSA) is 112 Å². The van der Waals surface area contributed by atoms with Crippen molar-refractivity contribution >= 4 is 36.1 Å². The highest BCUT2D eigenvalue weighted by Gasteiger charge is 2.27. The highest BCUT2D eigenvalue weighted by atomic mass is 16.5. The molecule has 1 saturated heterocycles. The van der Waals surface area contributed by atoms with Crippen LogP contribution in [0, 0.1) is 0 Å². The Morgan fingerprint density at radius 2 is 0.732 bits per heavy atom. The van der Waals surface area contributed by atoms with Crippen molar-refractivity contribution in [1.82, 2.24) is 10.6 Å². The smallest absolute Gasteiger partial charge is 0.328 e. The zero-order valence-electron chi connectivity index (χ0n) is 44.4. The number of nitrogens with one attached hydrogen (secondary N) is 2. The predicted molar refractivity (Wildman–Crippen MR) is 294 cm³/mol. The molecule has 0 atom stereocenters. The summed E-state index contributed by atoms with van der Waals surface area (Å²) in [5.41, 5.74) is 3.50. The minimum absolute atomic E-state index is 0.113. The van der Waals surface area contributed by atoms with Gasteiger partial charge in [0.15, 0.2) is 11.5 Å². The van der Waals surface area contributed by atoms with E-state index in [1.807, 2.05) is 60.7 Å². The number of benzene rings is 3. The van der Waals surface area contributed by atoms with Gasteiger partial charge < -0.3 is 18.9 Å². The van der Waals surface area contributed by atoms with E-state index < -0.39 is 17.8 Å². The molecule has 1 aliphatic rings. The van der Waals surface area contributed by atoms with E-state index in [0.717, 1.165) is 71.8 Å². The van der Waals surface area contributed by atoms with Gasteiger partial charge in [0.1, 0.15) is 17.9 Å². The van der Waals surface area contributed by atoms with Crippen LogP contribution < -0.4 is 29.6 Å². The van der Waals surface area contributed by atoms with Gasteiger partial charge in [0, 0.05) is 0 Å². The number of carbonyl (C=O) groups excluding carboxylic acids is 3. The third kappa shape index (κ3) is 25.8. The summed E-state index contributed by atoms with van der Waals surface area (Å²) in [6.07, 6.45) is 43.9. The third-order valence-electron chi connectivity index (χ3n) is 13.3. The van der Waals surface area contributed by atoms with Gasteiger partial charge in [0.25, 0.3) is 11.8 Å². The minimum Gasteiger partial charge on any atom is -0.490 e. The molecule has 3 aromatic carbocycles. The largest absolute Gasteiger partial charge is 0.490 e. The molecular weight excluding hydrogens is 885 g/mol. The van der Waals surface area contributed by atoms with E-state index in [-0.39, 0.29) is 5.57 Å². The van der Waals surface area contributed by atoms with Crippen LogP contribution in [0.25, 0.3) is 18.2 Å². The van der Waals surface area contributed by atoms with Crippen molar-refractivity contribution < 1.29 is 33.3 Å². The number of ether oxygens (including phenoxy) is 4. The Kier molecular flexibility index (Phi) is 31.1. The molecule has 1 fully saturated rings. The summed E-state index contributed by atoms with van der Waals surface area (Å²) in [5, 5.41) is 4.20. The fourth-order valence-corrected chi connectivity index (χ4v) is 8.89. The second-order valence-electron chi connectivity index (χ2n) is 19.7. The number of amides is 4. The standard InChI is InChI=1S/C62H92N2O7/c1-4-7-10-13-16-19-22-25-28-31-44-68-57-48-54(50-71-55-42-40-52(41-43-55)35-34-51-36-38-53(39-37-51)47-56-60(65)63-62(67)64-61(56)66)49-58(69-45-32-29-26-23-20-17-14-11-8-5-2)59(57)70-46-33-30-27-24-21-18-15-12-9-6-3/h34-43,47-49H,4-33,44-46,50H2,1-3H3,(H2,63,64,65,66,67)/b35-34+. The van der Waals surface area contributed by atoms with Crippen molar-refractivity contribution in [3.63, 3.8) is 0 Å². The summed E-state index contributed by atoms with van der Waals surface area (Å²) in [7, 11) is 0. The molecule has 0 aromatic heterocycles.